The number of rotatable bonds is 7. The molecule has 1 aliphatic carbocycles. The molecule has 2 aromatic carbocycles. The first-order valence-corrected chi connectivity index (χ1v) is 11.4. The van der Waals surface area contributed by atoms with Crippen LogP contribution in [0.3, 0.4) is 0 Å². The van der Waals surface area contributed by atoms with E-state index in [1.165, 1.54) is 11.1 Å². The van der Waals surface area contributed by atoms with Gasteiger partial charge in [-0.15, -0.1) is 0 Å². The molecule has 2 aromatic rings. The van der Waals surface area contributed by atoms with Crippen LogP contribution in [0.2, 0.25) is 0 Å². The van der Waals surface area contributed by atoms with Crippen molar-refractivity contribution in [3.05, 3.63) is 59.7 Å². The van der Waals surface area contributed by atoms with Crippen LogP contribution in [-0.4, -0.2) is 63.2 Å². The number of nitrogens with one attached hydrogen (secondary N) is 2. The molecule has 1 heterocycles. The Hall–Kier alpha value is -2.90. The van der Waals surface area contributed by atoms with Crippen molar-refractivity contribution in [2.75, 3.05) is 56.7 Å². The zero-order valence-electron chi connectivity index (χ0n) is 18.7. The fourth-order valence-corrected chi connectivity index (χ4v) is 4.47. The van der Waals surface area contributed by atoms with Crippen LogP contribution >= 0.6 is 0 Å². The molecule has 0 unspecified atom stereocenters. The second kappa shape index (κ2) is 10.6. The number of likely N-dealkylation sites (N-methyl/N-ethyl adjacent to an activating group) is 1. The lowest BCUT2D eigenvalue weighted by atomic mass is 9.88. The maximum Gasteiger partial charge on any atom is 0.238 e. The Bertz CT molecular complexity index is 925. The van der Waals surface area contributed by atoms with E-state index in [-0.39, 0.29) is 30.9 Å². The summed E-state index contributed by atoms with van der Waals surface area (Å²) in [4.78, 5) is 29.0. The van der Waals surface area contributed by atoms with Gasteiger partial charge in [-0.2, -0.15) is 0 Å². The quantitative estimate of drug-likeness (QED) is 0.698. The Kier molecular flexibility index (Phi) is 7.39. The van der Waals surface area contributed by atoms with Gasteiger partial charge in [-0.1, -0.05) is 24.3 Å². The molecule has 2 N–H and O–H groups in total. The average molecular weight is 437 g/mol. The third-order valence-corrected chi connectivity index (χ3v) is 6.06. The van der Waals surface area contributed by atoms with Crippen molar-refractivity contribution in [3.8, 4) is 0 Å². The molecule has 0 spiro atoms. The van der Waals surface area contributed by atoms with Crippen LogP contribution < -0.4 is 15.5 Å². The van der Waals surface area contributed by atoms with Crippen LogP contribution in [0.25, 0.3) is 0 Å². The van der Waals surface area contributed by atoms with Gasteiger partial charge in [-0.3, -0.25) is 14.5 Å². The van der Waals surface area contributed by atoms with Gasteiger partial charge in [-0.25, -0.2) is 0 Å². The van der Waals surface area contributed by atoms with Crippen molar-refractivity contribution in [3.63, 3.8) is 0 Å². The molecule has 0 bridgehead atoms. The van der Waals surface area contributed by atoms with Crippen LogP contribution in [0, 0.1) is 0 Å². The molecule has 32 heavy (non-hydrogen) atoms. The molecular weight excluding hydrogens is 404 g/mol. The van der Waals surface area contributed by atoms with Crippen molar-refractivity contribution in [1.82, 2.24) is 10.2 Å². The van der Waals surface area contributed by atoms with Gasteiger partial charge < -0.3 is 20.3 Å². The highest BCUT2D eigenvalue weighted by Crippen LogP contribution is 2.29. The molecule has 1 atom stereocenters. The summed E-state index contributed by atoms with van der Waals surface area (Å²) >= 11 is 0. The number of anilines is 2. The minimum Gasteiger partial charge on any atom is -0.378 e. The predicted octanol–water partition coefficient (Wildman–Crippen LogP) is 2.59. The van der Waals surface area contributed by atoms with E-state index in [2.05, 4.69) is 27.7 Å². The first-order chi connectivity index (χ1) is 15.6. The highest BCUT2D eigenvalue weighted by molar-refractivity contribution is 5.92. The molecule has 1 fully saturated rings. The van der Waals surface area contributed by atoms with E-state index in [0.29, 0.717) is 0 Å². The molecule has 7 nitrogen and oxygen atoms in total. The summed E-state index contributed by atoms with van der Waals surface area (Å²) in [6.07, 6.45) is 3.09. The van der Waals surface area contributed by atoms with Gasteiger partial charge >= 0.3 is 0 Å². The summed E-state index contributed by atoms with van der Waals surface area (Å²) in [5.74, 6) is -0.195. The first kappa shape index (κ1) is 22.3. The molecule has 7 heteroatoms. The second-order valence-electron chi connectivity index (χ2n) is 8.58. The maximum absolute atomic E-state index is 12.6. The van der Waals surface area contributed by atoms with Crippen molar-refractivity contribution >= 4 is 23.2 Å². The Morgan fingerprint density at radius 3 is 2.53 bits per heavy atom. The topological polar surface area (TPSA) is 73.9 Å². The molecule has 170 valence electrons. The Morgan fingerprint density at radius 2 is 1.75 bits per heavy atom. The Labute approximate surface area is 189 Å². The zero-order chi connectivity index (χ0) is 22.3. The number of nitrogens with zero attached hydrogens (tertiary/aromatic N) is 2. The van der Waals surface area contributed by atoms with Gasteiger partial charge in [0.1, 0.15) is 0 Å². The lowest BCUT2D eigenvalue weighted by Gasteiger charge is -2.29. The SMILES string of the molecule is CN(CC(=O)Nc1ccc(N2CCOCC2)cc1)CC(=O)N[C@@H]1CCCc2ccccc21. The summed E-state index contributed by atoms with van der Waals surface area (Å²) in [5, 5.41) is 6.06. The minimum absolute atomic E-state index is 0.0552. The standard InChI is InChI=1S/C25H32N4O3/c1-28(18-25(31)27-23-8-4-6-19-5-2-3-7-22(19)23)17-24(30)26-20-9-11-21(12-10-20)29-13-15-32-16-14-29/h2-3,5,7,9-12,23H,4,6,8,13-18H2,1H3,(H,26,30)(H,27,31)/t23-/m1/s1. The van der Waals surface area contributed by atoms with E-state index in [1.807, 2.05) is 36.4 Å². The number of carbonyl (C=O) groups excluding carboxylic acids is 2. The number of aryl methyl sites for hydroxylation is 1. The third kappa shape index (κ3) is 5.87. The van der Waals surface area contributed by atoms with Crippen LogP contribution in [0.4, 0.5) is 11.4 Å². The highest BCUT2D eigenvalue weighted by Gasteiger charge is 2.22. The van der Waals surface area contributed by atoms with Crippen LogP contribution in [0.15, 0.2) is 48.5 Å². The third-order valence-electron chi connectivity index (χ3n) is 6.06. The van der Waals surface area contributed by atoms with Gasteiger partial charge in [0.15, 0.2) is 0 Å². The summed E-state index contributed by atoms with van der Waals surface area (Å²) in [6.45, 7) is 3.58. The number of carbonyl (C=O) groups is 2. The second-order valence-corrected chi connectivity index (χ2v) is 8.58. The molecule has 4 rings (SSSR count). The van der Waals surface area contributed by atoms with Gasteiger partial charge in [-0.05, 0) is 61.7 Å². The summed E-state index contributed by atoms with van der Waals surface area (Å²) < 4.78 is 5.39. The molecule has 0 aromatic heterocycles. The summed E-state index contributed by atoms with van der Waals surface area (Å²) in [7, 11) is 1.79. The molecular formula is C25H32N4O3. The maximum atomic E-state index is 12.6. The smallest absolute Gasteiger partial charge is 0.238 e. The van der Waals surface area contributed by atoms with Crippen molar-refractivity contribution in [1.29, 1.82) is 0 Å². The zero-order valence-corrected chi connectivity index (χ0v) is 18.7. The number of hydrogen-bond donors (Lipinski definition) is 2. The number of morpholine rings is 1. The van der Waals surface area contributed by atoms with Gasteiger partial charge in [0, 0.05) is 24.5 Å². The van der Waals surface area contributed by atoms with E-state index in [4.69, 9.17) is 4.74 Å². The average Bonchev–Trinajstić information content (AvgIpc) is 2.80. The number of benzene rings is 2. The molecule has 2 amide bonds. The lowest BCUT2D eigenvalue weighted by molar-refractivity contribution is -0.123. The van der Waals surface area contributed by atoms with Crippen LogP contribution in [-0.2, 0) is 20.7 Å². The minimum atomic E-state index is -0.137. The van der Waals surface area contributed by atoms with Crippen molar-refractivity contribution in [2.24, 2.45) is 0 Å². The summed E-state index contributed by atoms with van der Waals surface area (Å²) in [5.41, 5.74) is 4.41. The van der Waals surface area contributed by atoms with E-state index < -0.39 is 0 Å². The fraction of sp³-hybridized carbons (Fsp3) is 0.440. The predicted molar refractivity (Wildman–Crippen MR) is 126 cm³/mol. The largest absolute Gasteiger partial charge is 0.378 e. The Balaban J connectivity index is 1.23. The number of hydrogen-bond acceptors (Lipinski definition) is 5. The summed E-state index contributed by atoms with van der Waals surface area (Å²) in [6, 6.07) is 16.2. The Morgan fingerprint density at radius 1 is 1.03 bits per heavy atom. The fourth-order valence-electron chi connectivity index (χ4n) is 4.47. The monoisotopic (exact) mass is 436 g/mol. The van der Waals surface area contributed by atoms with Crippen LogP contribution in [0.1, 0.15) is 30.0 Å². The molecule has 0 radical (unpaired) electrons. The first-order valence-electron chi connectivity index (χ1n) is 11.4. The van der Waals surface area contributed by atoms with Crippen molar-refractivity contribution in [2.45, 2.75) is 25.3 Å². The van der Waals surface area contributed by atoms with E-state index in [9.17, 15) is 9.59 Å². The van der Waals surface area contributed by atoms with Gasteiger partial charge in [0.2, 0.25) is 11.8 Å². The molecule has 1 saturated heterocycles. The van der Waals surface area contributed by atoms with Gasteiger partial charge in [0.05, 0.1) is 32.3 Å². The molecule has 1 aliphatic heterocycles. The number of fused-ring (bicyclic) bond motifs is 1. The normalized spacial score (nSPS) is 18.2. The highest BCUT2D eigenvalue weighted by atomic mass is 16.5. The van der Waals surface area contributed by atoms with E-state index in [0.717, 1.165) is 56.9 Å². The lowest BCUT2D eigenvalue weighted by Crippen LogP contribution is -2.40. The van der Waals surface area contributed by atoms with Crippen LogP contribution in [0.5, 0.6) is 0 Å². The van der Waals surface area contributed by atoms with Gasteiger partial charge in [0.25, 0.3) is 0 Å². The number of ether oxygens (including phenoxy) is 1. The number of amides is 2. The molecule has 2 aliphatic rings. The van der Waals surface area contributed by atoms with E-state index in [1.54, 1.807) is 11.9 Å². The van der Waals surface area contributed by atoms with Crippen molar-refractivity contribution < 1.29 is 14.3 Å². The molecule has 0 saturated carbocycles. The van der Waals surface area contributed by atoms with E-state index >= 15 is 0 Å².